The van der Waals surface area contributed by atoms with E-state index in [0.717, 1.165) is 23.6 Å². The zero-order chi connectivity index (χ0) is 12.8. The highest BCUT2D eigenvalue weighted by molar-refractivity contribution is 5.27. The maximum absolute atomic E-state index is 9.33. The predicted molar refractivity (Wildman–Crippen MR) is 69.4 cm³/mol. The second-order valence-corrected chi connectivity index (χ2v) is 3.97. The molecule has 0 radical (unpaired) electrons. The molecule has 0 saturated heterocycles. The van der Waals surface area contributed by atoms with Gasteiger partial charge in [0.1, 0.15) is 18.1 Å². The van der Waals surface area contributed by atoms with Crippen molar-refractivity contribution in [2.75, 3.05) is 7.05 Å². The minimum atomic E-state index is 0.249. The summed E-state index contributed by atoms with van der Waals surface area (Å²) in [6, 6.07) is 10.8. The van der Waals surface area contributed by atoms with Crippen molar-refractivity contribution in [1.82, 2.24) is 10.3 Å². The highest BCUT2D eigenvalue weighted by Gasteiger charge is 1.98. The lowest BCUT2D eigenvalue weighted by Gasteiger charge is -2.07. The van der Waals surface area contributed by atoms with E-state index in [4.69, 9.17) is 4.74 Å². The van der Waals surface area contributed by atoms with Crippen molar-refractivity contribution in [3.05, 3.63) is 53.9 Å². The van der Waals surface area contributed by atoms with Crippen LogP contribution < -0.4 is 10.1 Å². The lowest BCUT2D eigenvalue weighted by molar-refractivity contribution is 0.304. The van der Waals surface area contributed by atoms with Gasteiger partial charge in [0.2, 0.25) is 0 Å². The smallest absolute Gasteiger partial charge is 0.138 e. The second-order valence-electron chi connectivity index (χ2n) is 3.97. The fraction of sp³-hybridized carbons (Fsp3) is 0.214. The normalized spacial score (nSPS) is 10.3. The van der Waals surface area contributed by atoms with Gasteiger partial charge in [-0.05, 0) is 36.9 Å². The summed E-state index contributed by atoms with van der Waals surface area (Å²) in [5.74, 6) is 0.969. The van der Waals surface area contributed by atoms with Crippen LogP contribution in [0.2, 0.25) is 0 Å². The molecule has 2 aromatic rings. The first-order chi connectivity index (χ1) is 8.78. The van der Waals surface area contributed by atoms with Gasteiger partial charge in [-0.2, -0.15) is 0 Å². The van der Waals surface area contributed by atoms with Crippen LogP contribution in [0.4, 0.5) is 0 Å². The van der Waals surface area contributed by atoms with E-state index in [2.05, 4.69) is 10.3 Å². The molecule has 0 aliphatic rings. The molecule has 1 aromatic heterocycles. The first-order valence-corrected chi connectivity index (χ1v) is 5.78. The Kier molecular flexibility index (Phi) is 4.15. The maximum Gasteiger partial charge on any atom is 0.138 e. The quantitative estimate of drug-likeness (QED) is 0.845. The zero-order valence-corrected chi connectivity index (χ0v) is 10.3. The third-order valence-corrected chi connectivity index (χ3v) is 2.47. The summed E-state index contributed by atoms with van der Waals surface area (Å²) in [4.78, 5) is 4.26. The van der Waals surface area contributed by atoms with Crippen LogP contribution in [0, 0.1) is 0 Å². The average Bonchev–Trinajstić information content (AvgIpc) is 2.38. The standard InChI is InChI=1S/C14H16N2O2/c1-15-8-12-5-6-14(9-16-12)18-10-11-3-2-4-13(17)7-11/h2-7,9,15,17H,8,10H2,1H3. The number of phenolic OH excluding ortho intramolecular Hbond substituents is 1. The molecule has 0 fully saturated rings. The average molecular weight is 244 g/mol. The van der Waals surface area contributed by atoms with Gasteiger partial charge < -0.3 is 15.2 Å². The van der Waals surface area contributed by atoms with Gasteiger partial charge in [0.15, 0.2) is 0 Å². The molecule has 18 heavy (non-hydrogen) atoms. The molecule has 4 nitrogen and oxygen atoms in total. The lowest BCUT2D eigenvalue weighted by Crippen LogP contribution is -2.06. The van der Waals surface area contributed by atoms with Crippen LogP contribution in [0.25, 0.3) is 0 Å². The number of nitrogens with zero attached hydrogens (tertiary/aromatic N) is 1. The Labute approximate surface area is 106 Å². The number of benzene rings is 1. The van der Waals surface area contributed by atoms with Crippen molar-refractivity contribution in [2.24, 2.45) is 0 Å². The topological polar surface area (TPSA) is 54.4 Å². The Morgan fingerprint density at radius 2 is 2.17 bits per heavy atom. The molecule has 0 unspecified atom stereocenters. The van der Waals surface area contributed by atoms with Crippen molar-refractivity contribution in [3.63, 3.8) is 0 Å². The Hall–Kier alpha value is -2.07. The molecule has 0 bridgehead atoms. The third kappa shape index (κ3) is 3.46. The van der Waals surface area contributed by atoms with Crippen LogP contribution in [0.3, 0.4) is 0 Å². The molecule has 4 heteroatoms. The number of aromatic nitrogens is 1. The first kappa shape index (κ1) is 12.4. The Bertz CT molecular complexity index is 497. The number of ether oxygens (including phenoxy) is 1. The van der Waals surface area contributed by atoms with Gasteiger partial charge in [-0.15, -0.1) is 0 Å². The van der Waals surface area contributed by atoms with Gasteiger partial charge in [0.25, 0.3) is 0 Å². The molecule has 0 aliphatic carbocycles. The van der Waals surface area contributed by atoms with Crippen LogP contribution >= 0.6 is 0 Å². The summed E-state index contributed by atoms with van der Waals surface area (Å²) in [5.41, 5.74) is 1.90. The minimum Gasteiger partial charge on any atom is -0.508 e. The van der Waals surface area contributed by atoms with Crippen molar-refractivity contribution in [3.8, 4) is 11.5 Å². The SMILES string of the molecule is CNCc1ccc(OCc2cccc(O)c2)cn1. The number of aromatic hydroxyl groups is 1. The molecule has 0 atom stereocenters. The first-order valence-electron chi connectivity index (χ1n) is 5.78. The van der Waals surface area contributed by atoms with Gasteiger partial charge in [0.05, 0.1) is 11.9 Å². The van der Waals surface area contributed by atoms with Gasteiger partial charge >= 0.3 is 0 Å². The molecule has 94 valence electrons. The number of nitrogens with one attached hydrogen (secondary N) is 1. The summed E-state index contributed by atoms with van der Waals surface area (Å²) >= 11 is 0. The van der Waals surface area contributed by atoms with Gasteiger partial charge in [-0.25, -0.2) is 0 Å². The van der Waals surface area contributed by atoms with Crippen molar-refractivity contribution < 1.29 is 9.84 Å². The van der Waals surface area contributed by atoms with Crippen molar-refractivity contribution in [1.29, 1.82) is 0 Å². The van der Waals surface area contributed by atoms with E-state index in [1.54, 1.807) is 24.4 Å². The van der Waals surface area contributed by atoms with Crippen LogP contribution in [0.15, 0.2) is 42.6 Å². The zero-order valence-electron chi connectivity index (χ0n) is 10.3. The second kappa shape index (κ2) is 6.02. The molecule has 2 N–H and O–H groups in total. The largest absolute Gasteiger partial charge is 0.508 e. The van der Waals surface area contributed by atoms with E-state index >= 15 is 0 Å². The van der Waals surface area contributed by atoms with Crippen molar-refractivity contribution >= 4 is 0 Å². The van der Waals surface area contributed by atoms with E-state index in [9.17, 15) is 5.11 Å². The number of pyridine rings is 1. The van der Waals surface area contributed by atoms with E-state index in [1.165, 1.54) is 0 Å². The number of rotatable bonds is 5. The number of hydrogen-bond donors (Lipinski definition) is 2. The molecular weight excluding hydrogens is 228 g/mol. The predicted octanol–water partition coefficient (Wildman–Crippen LogP) is 2.09. The Balaban J connectivity index is 1.93. The summed E-state index contributed by atoms with van der Waals surface area (Å²) in [7, 11) is 1.88. The number of phenols is 1. The van der Waals surface area contributed by atoms with Crippen LogP contribution in [0.1, 0.15) is 11.3 Å². The number of hydrogen-bond acceptors (Lipinski definition) is 4. The molecule has 0 spiro atoms. The molecular formula is C14H16N2O2. The summed E-state index contributed by atoms with van der Waals surface area (Å²) < 4.78 is 5.59. The maximum atomic E-state index is 9.33. The van der Waals surface area contributed by atoms with E-state index in [-0.39, 0.29) is 5.75 Å². The lowest BCUT2D eigenvalue weighted by atomic mass is 10.2. The van der Waals surface area contributed by atoms with Crippen LogP contribution in [-0.4, -0.2) is 17.1 Å². The monoisotopic (exact) mass is 244 g/mol. The fourth-order valence-corrected chi connectivity index (χ4v) is 1.59. The molecule has 0 saturated carbocycles. The van der Waals surface area contributed by atoms with Crippen LogP contribution in [0.5, 0.6) is 11.5 Å². The molecule has 0 amide bonds. The van der Waals surface area contributed by atoms with Crippen molar-refractivity contribution in [2.45, 2.75) is 13.2 Å². The van der Waals surface area contributed by atoms with Gasteiger partial charge in [0, 0.05) is 6.54 Å². The molecule has 1 heterocycles. The van der Waals surface area contributed by atoms with Crippen LogP contribution in [-0.2, 0) is 13.2 Å². The van der Waals surface area contributed by atoms with E-state index < -0.39 is 0 Å². The molecule has 2 rings (SSSR count). The Morgan fingerprint density at radius 1 is 1.28 bits per heavy atom. The van der Waals surface area contributed by atoms with E-state index in [1.807, 2.05) is 25.2 Å². The highest BCUT2D eigenvalue weighted by atomic mass is 16.5. The summed E-state index contributed by atoms with van der Waals surface area (Å²) in [6.45, 7) is 1.16. The fourth-order valence-electron chi connectivity index (χ4n) is 1.59. The van der Waals surface area contributed by atoms with E-state index in [0.29, 0.717) is 6.61 Å². The molecule has 0 aliphatic heterocycles. The van der Waals surface area contributed by atoms with Gasteiger partial charge in [-0.1, -0.05) is 12.1 Å². The molecule has 1 aromatic carbocycles. The third-order valence-electron chi connectivity index (χ3n) is 2.47. The minimum absolute atomic E-state index is 0.249. The Morgan fingerprint density at radius 3 is 2.83 bits per heavy atom. The van der Waals surface area contributed by atoms with Gasteiger partial charge in [-0.3, -0.25) is 4.98 Å². The summed E-state index contributed by atoms with van der Waals surface area (Å²) in [6.07, 6.45) is 1.70. The highest BCUT2D eigenvalue weighted by Crippen LogP contribution is 2.15. The summed E-state index contributed by atoms with van der Waals surface area (Å²) in [5, 5.41) is 12.4.